The van der Waals surface area contributed by atoms with Crippen LogP contribution in [-0.2, 0) is 21.7 Å². The molecule has 6 nitrogen and oxygen atoms in total. The van der Waals surface area contributed by atoms with Crippen LogP contribution in [0.25, 0.3) is 0 Å². The molecule has 0 spiro atoms. The zero-order chi connectivity index (χ0) is 34.2. The average Bonchev–Trinajstić information content (AvgIpc) is 3.75. The maximum atomic E-state index is 5.91. The van der Waals surface area contributed by atoms with Gasteiger partial charge in [0.25, 0.3) is 0 Å². The number of thioether (sulfide) groups is 2. The summed E-state index contributed by atoms with van der Waals surface area (Å²) in [7, 11) is 0. The number of rotatable bonds is 14. The molecular weight excluding hydrogens is 703 g/mol. The molecule has 2 aliphatic rings. The Morgan fingerprint density at radius 3 is 1.28 bits per heavy atom. The first kappa shape index (κ1) is 45.7. The first-order chi connectivity index (χ1) is 21.9. The van der Waals surface area contributed by atoms with Gasteiger partial charge in [0.2, 0.25) is 0 Å². The maximum absolute atomic E-state index is 5.91. The van der Waals surface area contributed by atoms with Crippen molar-refractivity contribution in [3.8, 4) is 11.8 Å². The standard InChI is InChI=1S/2C13H20ClN2OS.2C5H5.Ti/c2*1-9(2)5-6-17-12-7-11(14)15-13(16-12)18-8-10(3)4;2*1-2-4-5-3-1;/h2*9-10H,5-6,8H2,1-4H3;2*1-3H,4H2;/q4*-1;+4. The molecule has 2 heterocycles. The quantitative estimate of drug-likeness (QED) is 0.0621. The van der Waals surface area contributed by atoms with Crippen LogP contribution in [0.3, 0.4) is 0 Å². The van der Waals surface area contributed by atoms with E-state index in [4.69, 9.17) is 32.7 Å². The summed E-state index contributed by atoms with van der Waals surface area (Å²) >= 11 is 15.0. The summed E-state index contributed by atoms with van der Waals surface area (Å²) in [6, 6.07) is 5.63. The van der Waals surface area contributed by atoms with E-state index in [9.17, 15) is 0 Å². The van der Waals surface area contributed by atoms with E-state index in [1.54, 1.807) is 23.5 Å². The SMILES string of the molecule is CC(C)CCOc1[c-]c(Cl)nc(SCC(C)C)n1.CC(C)CCOc1[c-]c(Cl)nc(SCC(C)C)n1.[C-]1=CC=CC1.[C-]1=CC=CC1.[Ti+4]. The third-order valence-corrected chi connectivity index (χ3v) is 8.24. The molecule has 0 N–H and O–H groups in total. The number of halogens is 2. The summed E-state index contributed by atoms with van der Waals surface area (Å²) < 4.78 is 11.1. The molecule has 47 heavy (non-hydrogen) atoms. The molecule has 0 atom stereocenters. The van der Waals surface area contributed by atoms with Crippen molar-refractivity contribution in [3.63, 3.8) is 0 Å². The summed E-state index contributed by atoms with van der Waals surface area (Å²) in [5, 5.41) is 1.95. The predicted octanol–water partition coefficient (Wildman–Crippen LogP) is 10.8. The molecule has 0 radical (unpaired) electrons. The van der Waals surface area contributed by atoms with Crippen molar-refractivity contribution in [1.82, 2.24) is 19.9 Å². The monoisotopic (exact) mass is 752 g/mol. The number of aromatic nitrogens is 4. The minimum Gasteiger partial charge on any atom is -0.512 e. The van der Waals surface area contributed by atoms with Gasteiger partial charge in [-0.25, -0.2) is 44.2 Å². The van der Waals surface area contributed by atoms with Gasteiger partial charge >= 0.3 is 21.7 Å². The van der Waals surface area contributed by atoms with Crippen molar-refractivity contribution in [1.29, 1.82) is 0 Å². The van der Waals surface area contributed by atoms with Crippen LogP contribution in [0.5, 0.6) is 11.8 Å². The van der Waals surface area contributed by atoms with Gasteiger partial charge in [0.1, 0.15) is 0 Å². The molecule has 0 aliphatic heterocycles. The summed E-state index contributed by atoms with van der Waals surface area (Å²) in [4.78, 5) is 16.8. The van der Waals surface area contributed by atoms with Crippen LogP contribution in [0.4, 0.5) is 0 Å². The van der Waals surface area contributed by atoms with Gasteiger partial charge in [0.15, 0.2) is 10.3 Å². The Balaban J connectivity index is 0.000000681. The van der Waals surface area contributed by atoms with E-state index in [-0.39, 0.29) is 21.7 Å². The van der Waals surface area contributed by atoms with E-state index in [0.717, 1.165) is 37.2 Å². The Kier molecular flexibility index (Phi) is 27.8. The van der Waals surface area contributed by atoms with Crippen LogP contribution >= 0.6 is 46.7 Å². The fraction of sp³-hybridized carbons (Fsp3) is 0.556. The normalized spacial score (nSPS) is 12.4. The number of hydrogen-bond acceptors (Lipinski definition) is 8. The van der Waals surface area contributed by atoms with Gasteiger partial charge in [0.05, 0.1) is 13.2 Å². The van der Waals surface area contributed by atoms with Crippen LogP contribution in [0.1, 0.15) is 81.1 Å². The minimum atomic E-state index is 0. The smallest absolute Gasteiger partial charge is 0.512 e. The van der Waals surface area contributed by atoms with Gasteiger partial charge in [-0.2, -0.15) is 12.2 Å². The topological polar surface area (TPSA) is 70.0 Å². The molecule has 2 aromatic heterocycles. The fourth-order valence-electron chi connectivity index (χ4n) is 2.89. The van der Waals surface area contributed by atoms with E-state index in [2.05, 4.69) is 112 Å². The molecular formula is C36H50Cl2N4O2S2Ti. The fourth-order valence-corrected chi connectivity index (χ4v) is 4.88. The average molecular weight is 754 g/mol. The van der Waals surface area contributed by atoms with Gasteiger partial charge < -0.3 is 21.6 Å². The molecule has 2 aliphatic carbocycles. The van der Waals surface area contributed by atoms with Crippen LogP contribution in [0, 0.1) is 48.0 Å². The second-order valence-electron chi connectivity index (χ2n) is 11.9. The summed E-state index contributed by atoms with van der Waals surface area (Å²) in [5.74, 6) is 5.22. The molecule has 4 rings (SSSR count). The molecule has 0 saturated carbocycles. The maximum Gasteiger partial charge on any atom is 4.00 e. The Bertz CT molecular complexity index is 1110. The molecule has 0 aromatic carbocycles. The first-order valence-electron chi connectivity index (χ1n) is 15.8. The van der Waals surface area contributed by atoms with Gasteiger partial charge in [0, 0.05) is 23.3 Å². The summed E-state index contributed by atoms with van der Waals surface area (Å²) in [5.41, 5.74) is 0. The van der Waals surface area contributed by atoms with Crippen molar-refractivity contribution in [2.75, 3.05) is 24.7 Å². The van der Waals surface area contributed by atoms with Gasteiger partial charge in [-0.3, -0.25) is 12.2 Å². The van der Waals surface area contributed by atoms with Crippen molar-refractivity contribution >= 4 is 46.7 Å². The van der Waals surface area contributed by atoms with E-state index < -0.39 is 0 Å². The molecule has 256 valence electrons. The Morgan fingerprint density at radius 2 is 1.02 bits per heavy atom. The van der Waals surface area contributed by atoms with Crippen LogP contribution in [0.15, 0.2) is 46.8 Å². The summed E-state index contributed by atoms with van der Waals surface area (Å²) in [6.07, 6.45) is 22.0. The molecule has 0 bridgehead atoms. The minimum absolute atomic E-state index is 0. The molecule has 0 saturated heterocycles. The molecule has 0 amide bonds. The van der Waals surface area contributed by atoms with E-state index in [1.807, 2.05) is 24.3 Å². The number of hydrogen-bond donors (Lipinski definition) is 0. The second kappa shape index (κ2) is 28.5. The van der Waals surface area contributed by atoms with Crippen molar-refractivity contribution in [3.05, 3.63) is 71.0 Å². The Labute approximate surface area is 318 Å². The molecule has 11 heteroatoms. The van der Waals surface area contributed by atoms with Crippen LogP contribution in [0.2, 0.25) is 10.3 Å². The molecule has 0 unspecified atom stereocenters. The number of nitrogens with zero attached hydrogens (tertiary/aromatic N) is 4. The predicted molar refractivity (Wildman–Crippen MR) is 196 cm³/mol. The Hall–Kier alpha value is -1.29. The first-order valence-corrected chi connectivity index (χ1v) is 18.6. The zero-order valence-corrected chi connectivity index (χ0v) is 33.8. The Morgan fingerprint density at radius 1 is 0.638 bits per heavy atom. The largest absolute Gasteiger partial charge is 4.00 e. The van der Waals surface area contributed by atoms with Crippen LogP contribution in [-0.4, -0.2) is 44.7 Å². The number of ether oxygens (including phenoxy) is 2. The van der Waals surface area contributed by atoms with E-state index >= 15 is 0 Å². The van der Waals surface area contributed by atoms with Crippen molar-refractivity contribution < 1.29 is 31.2 Å². The zero-order valence-electron chi connectivity index (χ0n) is 29.1. The number of allylic oxidation sites excluding steroid dienone is 8. The molecule has 2 aromatic rings. The van der Waals surface area contributed by atoms with Crippen molar-refractivity contribution in [2.45, 2.75) is 91.4 Å². The third kappa shape index (κ3) is 27.3. The van der Waals surface area contributed by atoms with E-state index in [1.165, 1.54) is 0 Å². The third-order valence-electron chi connectivity index (χ3n) is 5.33. The molecule has 0 fully saturated rings. The van der Waals surface area contributed by atoms with E-state index in [0.29, 0.717) is 69.3 Å². The summed E-state index contributed by atoms with van der Waals surface area (Å²) in [6.45, 7) is 18.5. The van der Waals surface area contributed by atoms with Crippen molar-refractivity contribution in [2.24, 2.45) is 23.7 Å². The van der Waals surface area contributed by atoms with Crippen LogP contribution < -0.4 is 9.47 Å². The van der Waals surface area contributed by atoms with Gasteiger partial charge in [-0.15, -0.1) is 36.0 Å². The second-order valence-corrected chi connectivity index (χ2v) is 14.6. The van der Waals surface area contributed by atoms with Gasteiger partial charge in [-0.05, 0) is 46.8 Å². The van der Waals surface area contributed by atoms with Gasteiger partial charge in [-0.1, -0.05) is 78.9 Å².